The molecule has 0 saturated carbocycles. The number of halogens is 1. The van der Waals surface area contributed by atoms with Gasteiger partial charge in [0.25, 0.3) is 0 Å². The number of hydrogen-bond donors (Lipinski definition) is 0. The zero-order valence-electron chi connectivity index (χ0n) is 7.24. The SMILES string of the molecule is O=Cc1occc1-c1ccccc1Br. The zero-order chi connectivity index (χ0) is 9.97. The predicted molar refractivity (Wildman–Crippen MR) is 57.2 cm³/mol. The predicted octanol–water partition coefficient (Wildman–Crippen LogP) is 3.52. The Balaban J connectivity index is 2.60. The lowest BCUT2D eigenvalue weighted by Gasteiger charge is -2.00. The minimum Gasteiger partial charge on any atom is -0.461 e. The third-order valence-corrected chi connectivity index (χ3v) is 2.66. The Morgan fingerprint density at radius 3 is 2.64 bits per heavy atom. The summed E-state index contributed by atoms with van der Waals surface area (Å²) >= 11 is 3.42. The minimum absolute atomic E-state index is 0.358. The lowest BCUT2D eigenvalue weighted by atomic mass is 10.1. The van der Waals surface area contributed by atoms with Crippen LogP contribution in [0.15, 0.2) is 45.5 Å². The van der Waals surface area contributed by atoms with Gasteiger partial charge in [-0.3, -0.25) is 4.79 Å². The Kier molecular flexibility index (Phi) is 2.50. The molecule has 0 fully saturated rings. The minimum atomic E-state index is 0.358. The molecule has 0 amide bonds. The first-order chi connectivity index (χ1) is 6.83. The first-order valence-corrected chi connectivity index (χ1v) is 4.90. The first-order valence-electron chi connectivity index (χ1n) is 4.10. The van der Waals surface area contributed by atoms with Gasteiger partial charge in [0.1, 0.15) is 0 Å². The van der Waals surface area contributed by atoms with Crippen LogP contribution in [-0.4, -0.2) is 6.29 Å². The Labute approximate surface area is 89.7 Å². The largest absolute Gasteiger partial charge is 0.461 e. The highest BCUT2D eigenvalue weighted by Gasteiger charge is 2.09. The Hall–Kier alpha value is -1.35. The molecule has 2 rings (SSSR count). The van der Waals surface area contributed by atoms with E-state index in [9.17, 15) is 4.79 Å². The first kappa shape index (κ1) is 9.21. The summed E-state index contributed by atoms with van der Waals surface area (Å²) in [6, 6.07) is 9.48. The van der Waals surface area contributed by atoms with Gasteiger partial charge in [-0.15, -0.1) is 0 Å². The lowest BCUT2D eigenvalue weighted by molar-refractivity contribution is 0.110. The third-order valence-electron chi connectivity index (χ3n) is 1.97. The van der Waals surface area contributed by atoms with E-state index in [-0.39, 0.29) is 0 Å². The molecule has 0 atom stereocenters. The molecular weight excluding hydrogens is 244 g/mol. The van der Waals surface area contributed by atoms with Crippen molar-refractivity contribution in [3.63, 3.8) is 0 Å². The van der Waals surface area contributed by atoms with Crippen LogP contribution in [0.4, 0.5) is 0 Å². The number of rotatable bonds is 2. The maximum atomic E-state index is 10.7. The molecule has 0 spiro atoms. The van der Waals surface area contributed by atoms with Gasteiger partial charge < -0.3 is 4.42 Å². The molecule has 1 heterocycles. The summed E-state index contributed by atoms with van der Waals surface area (Å²) in [5.74, 6) is 0.358. The van der Waals surface area contributed by atoms with Crippen molar-refractivity contribution in [2.75, 3.05) is 0 Å². The number of hydrogen-bond acceptors (Lipinski definition) is 2. The van der Waals surface area contributed by atoms with Crippen LogP contribution in [0.1, 0.15) is 10.6 Å². The van der Waals surface area contributed by atoms with Crippen LogP contribution in [-0.2, 0) is 0 Å². The topological polar surface area (TPSA) is 30.2 Å². The van der Waals surface area contributed by atoms with E-state index in [0.29, 0.717) is 5.76 Å². The summed E-state index contributed by atoms with van der Waals surface area (Å²) in [5.41, 5.74) is 1.77. The molecule has 0 aliphatic carbocycles. The fourth-order valence-corrected chi connectivity index (χ4v) is 1.81. The smallest absolute Gasteiger partial charge is 0.185 e. The van der Waals surface area contributed by atoms with Gasteiger partial charge in [0.15, 0.2) is 12.0 Å². The van der Waals surface area contributed by atoms with Crippen molar-refractivity contribution in [3.8, 4) is 11.1 Å². The van der Waals surface area contributed by atoms with Crippen molar-refractivity contribution in [2.45, 2.75) is 0 Å². The van der Waals surface area contributed by atoms with Gasteiger partial charge in [0.2, 0.25) is 0 Å². The molecule has 0 N–H and O–H groups in total. The van der Waals surface area contributed by atoms with Gasteiger partial charge in [0, 0.05) is 10.0 Å². The molecular formula is C11H7BrO2. The summed E-state index contributed by atoms with van der Waals surface area (Å²) in [5, 5.41) is 0. The summed E-state index contributed by atoms with van der Waals surface area (Å²) in [4.78, 5) is 10.7. The van der Waals surface area contributed by atoms with E-state index in [0.717, 1.165) is 21.9 Å². The molecule has 14 heavy (non-hydrogen) atoms. The van der Waals surface area contributed by atoms with Crippen LogP contribution in [0.25, 0.3) is 11.1 Å². The van der Waals surface area contributed by atoms with E-state index in [4.69, 9.17) is 4.42 Å². The van der Waals surface area contributed by atoms with Gasteiger partial charge in [0.05, 0.1) is 6.26 Å². The van der Waals surface area contributed by atoms with E-state index in [2.05, 4.69) is 15.9 Å². The van der Waals surface area contributed by atoms with Crippen molar-refractivity contribution in [3.05, 3.63) is 46.8 Å². The average molecular weight is 251 g/mol. The van der Waals surface area contributed by atoms with E-state index in [1.165, 1.54) is 6.26 Å². The maximum absolute atomic E-state index is 10.7. The number of aldehydes is 1. The Morgan fingerprint density at radius 1 is 1.14 bits per heavy atom. The second-order valence-corrected chi connectivity index (χ2v) is 3.65. The number of furan rings is 1. The molecule has 0 aliphatic rings. The lowest BCUT2D eigenvalue weighted by Crippen LogP contribution is -1.82. The summed E-state index contributed by atoms with van der Waals surface area (Å²) in [6.07, 6.45) is 2.23. The Bertz CT molecular complexity index is 460. The third kappa shape index (κ3) is 1.51. The highest BCUT2D eigenvalue weighted by Crippen LogP contribution is 2.30. The normalized spacial score (nSPS) is 10.1. The van der Waals surface area contributed by atoms with Crippen LogP contribution < -0.4 is 0 Å². The summed E-state index contributed by atoms with van der Waals surface area (Å²) in [7, 11) is 0. The Morgan fingerprint density at radius 2 is 1.93 bits per heavy atom. The van der Waals surface area contributed by atoms with E-state index >= 15 is 0 Å². The molecule has 0 aliphatic heterocycles. The molecule has 0 radical (unpaired) electrons. The molecule has 70 valence electrons. The van der Waals surface area contributed by atoms with Gasteiger partial charge in [-0.2, -0.15) is 0 Å². The number of carbonyl (C=O) groups is 1. The van der Waals surface area contributed by atoms with Crippen molar-refractivity contribution >= 4 is 22.2 Å². The van der Waals surface area contributed by atoms with Crippen molar-refractivity contribution < 1.29 is 9.21 Å². The van der Waals surface area contributed by atoms with Gasteiger partial charge in [-0.05, 0) is 17.7 Å². The molecule has 0 bridgehead atoms. The fourth-order valence-electron chi connectivity index (χ4n) is 1.31. The van der Waals surface area contributed by atoms with E-state index in [1.807, 2.05) is 24.3 Å². The van der Waals surface area contributed by atoms with Crippen LogP contribution in [0.3, 0.4) is 0 Å². The molecule has 2 nitrogen and oxygen atoms in total. The highest BCUT2D eigenvalue weighted by molar-refractivity contribution is 9.10. The van der Waals surface area contributed by atoms with E-state index in [1.54, 1.807) is 6.07 Å². The second-order valence-electron chi connectivity index (χ2n) is 2.80. The second kappa shape index (κ2) is 3.80. The molecule has 0 unspecified atom stereocenters. The summed E-state index contributed by atoms with van der Waals surface area (Å²) < 4.78 is 5.98. The maximum Gasteiger partial charge on any atom is 0.185 e. The van der Waals surface area contributed by atoms with Gasteiger partial charge in [-0.25, -0.2) is 0 Å². The van der Waals surface area contributed by atoms with E-state index < -0.39 is 0 Å². The van der Waals surface area contributed by atoms with Gasteiger partial charge >= 0.3 is 0 Å². The molecule has 1 aromatic carbocycles. The van der Waals surface area contributed by atoms with Crippen LogP contribution in [0, 0.1) is 0 Å². The molecule has 2 aromatic rings. The van der Waals surface area contributed by atoms with Crippen LogP contribution >= 0.6 is 15.9 Å². The van der Waals surface area contributed by atoms with Crippen molar-refractivity contribution in [2.24, 2.45) is 0 Å². The van der Waals surface area contributed by atoms with Crippen molar-refractivity contribution in [1.82, 2.24) is 0 Å². The average Bonchev–Trinajstić information content (AvgIpc) is 2.66. The molecule has 3 heteroatoms. The molecule has 1 aromatic heterocycles. The fraction of sp³-hybridized carbons (Fsp3) is 0. The van der Waals surface area contributed by atoms with Crippen LogP contribution in [0.5, 0.6) is 0 Å². The number of benzene rings is 1. The zero-order valence-corrected chi connectivity index (χ0v) is 8.82. The monoisotopic (exact) mass is 250 g/mol. The summed E-state index contributed by atoms with van der Waals surface area (Å²) in [6.45, 7) is 0. The number of carbonyl (C=O) groups excluding carboxylic acids is 1. The standard InChI is InChI=1S/C11H7BrO2/c12-10-4-2-1-3-8(10)9-5-6-14-11(9)7-13/h1-7H. The van der Waals surface area contributed by atoms with Gasteiger partial charge in [-0.1, -0.05) is 34.1 Å². The van der Waals surface area contributed by atoms with Crippen molar-refractivity contribution in [1.29, 1.82) is 0 Å². The quantitative estimate of drug-likeness (QED) is 0.764. The van der Waals surface area contributed by atoms with Crippen LogP contribution in [0.2, 0.25) is 0 Å². The highest BCUT2D eigenvalue weighted by atomic mass is 79.9. The molecule has 0 saturated heterocycles.